The molecule has 0 rings (SSSR count). The van der Waals surface area contributed by atoms with Crippen LogP contribution in [0.5, 0.6) is 0 Å². The fraction of sp³-hybridized carbons (Fsp3) is 0.750. The predicted molar refractivity (Wildman–Crippen MR) is 188 cm³/mol. The van der Waals surface area contributed by atoms with Gasteiger partial charge in [-0.3, -0.25) is 0 Å². The van der Waals surface area contributed by atoms with Crippen LogP contribution in [0.2, 0.25) is 48.4 Å². The maximum absolute atomic E-state index is 12.2. The second kappa shape index (κ2) is 27.4. The van der Waals surface area contributed by atoms with Crippen LogP contribution >= 0.6 is 0 Å². The van der Waals surface area contributed by atoms with Crippen LogP contribution in [0.1, 0.15) is 103 Å². The number of unbranched alkanes of at least 4 members (excludes halogenated alkanes) is 8. The molecule has 0 unspecified atom stereocenters. The average Bonchev–Trinajstić information content (AvgIpc) is 3.06. The van der Waals surface area contributed by atoms with Crippen LogP contribution in [0.4, 0.5) is 0 Å². The molecule has 264 valence electrons. The van der Waals surface area contributed by atoms with Crippen molar-refractivity contribution in [2.45, 2.75) is 151 Å². The van der Waals surface area contributed by atoms with Gasteiger partial charge in [0.1, 0.15) is 0 Å². The summed E-state index contributed by atoms with van der Waals surface area (Å²) < 4.78 is 21.2. The lowest BCUT2D eigenvalue weighted by Crippen LogP contribution is -2.63. The van der Waals surface area contributed by atoms with Crippen molar-refractivity contribution in [2.24, 2.45) is 0 Å². The van der Waals surface area contributed by atoms with Crippen LogP contribution in [0.3, 0.4) is 0 Å². The molecule has 0 fully saturated rings. The molecule has 0 aliphatic rings. The summed E-state index contributed by atoms with van der Waals surface area (Å²) in [6, 6.07) is 19.1. The van der Waals surface area contributed by atoms with Crippen LogP contribution < -0.4 is 0 Å². The highest BCUT2D eigenvalue weighted by Gasteiger charge is 2.55. The Kier molecular flexibility index (Phi) is 25.5. The highest BCUT2D eigenvalue weighted by molar-refractivity contribution is 6.89. The molecule has 0 radical (unpaired) electrons. The van der Waals surface area contributed by atoms with Crippen molar-refractivity contribution in [1.82, 2.24) is 0 Å². The van der Waals surface area contributed by atoms with Crippen LogP contribution in [0.25, 0.3) is 0 Å². The van der Waals surface area contributed by atoms with E-state index in [-0.39, 0.29) is 99.7 Å². The van der Waals surface area contributed by atoms with E-state index in [1.54, 1.807) is 0 Å². The first-order valence-electron chi connectivity index (χ1n) is 17.1. The van der Waals surface area contributed by atoms with E-state index in [0.29, 0.717) is 51.4 Å². The van der Waals surface area contributed by atoms with Gasteiger partial charge in [-0.25, -0.2) is 0 Å². The van der Waals surface area contributed by atoms with E-state index in [9.17, 15) is 51.7 Å². The number of nitrogens with zero attached hydrogens (tertiary/aromatic N) is 8. The second-order valence-corrected chi connectivity index (χ2v) is 26.0. The van der Waals surface area contributed by atoms with Crippen molar-refractivity contribution in [3.63, 3.8) is 0 Å². The van der Waals surface area contributed by atoms with E-state index in [2.05, 4.69) is 48.6 Å². The van der Waals surface area contributed by atoms with Crippen molar-refractivity contribution in [2.75, 3.05) is 0 Å². The quantitative estimate of drug-likeness (QED) is 0.0545. The van der Waals surface area contributed by atoms with Crippen LogP contribution in [-0.4, -0.2) is 43.8 Å². The molecule has 0 aromatic heterocycles. The van der Waals surface area contributed by atoms with Crippen LogP contribution in [0.15, 0.2) is 0 Å². The zero-order valence-electron chi connectivity index (χ0n) is 28.7. The van der Waals surface area contributed by atoms with Gasteiger partial charge in [-0.05, 0) is 99.7 Å². The van der Waals surface area contributed by atoms with E-state index < -0.39 is 34.2 Å². The monoisotopic (exact) mass is 738 g/mol. The Bertz CT molecular complexity index is 1120. The molecule has 0 spiro atoms. The fourth-order valence-electron chi connectivity index (χ4n) is 5.71. The number of hydrogen-bond donors (Lipinski definition) is 2. The summed E-state index contributed by atoms with van der Waals surface area (Å²) in [6.45, 7) is 0. The molecule has 0 heterocycles. The Morgan fingerprint density at radius 3 is 0.673 bits per heavy atom. The largest absolute Gasteiger partial charge is 0.415 e. The van der Waals surface area contributed by atoms with Gasteiger partial charge in [-0.15, -0.1) is 0 Å². The maximum atomic E-state index is 12.2. The normalized spacial score (nSPS) is 11.5. The third kappa shape index (κ3) is 20.6. The fourth-order valence-corrected chi connectivity index (χ4v) is 26.7. The molecular formula is C32H50N8O5Si4. The van der Waals surface area contributed by atoms with Gasteiger partial charge in [-0.1, -0.05) is 0 Å². The minimum atomic E-state index is -3.66. The molecule has 0 aliphatic carbocycles. The Hall–Kier alpha value is -3.41. The van der Waals surface area contributed by atoms with Gasteiger partial charge in [0.15, 0.2) is 0 Å². The molecule has 0 aliphatic heterocycles. The highest BCUT2D eigenvalue weighted by Crippen LogP contribution is 2.40. The first kappa shape index (κ1) is 45.6. The van der Waals surface area contributed by atoms with E-state index in [1.807, 2.05) is 0 Å². The minimum absolute atomic E-state index is 0.182. The van der Waals surface area contributed by atoms with Crippen molar-refractivity contribution in [1.29, 1.82) is 42.1 Å². The Balaban J connectivity index is 7.44. The molecule has 0 aromatic carbocycles. The molecule has 13 nitrogen and oxygen atoms in total. The first-order chi connectivity index (χ1) is 23.6. The summed E-state index contributed by atoms with van der Waals surface area (Å²) in [5, 5.41) is 74.8. The van der Waals surface area contributed by atoms with Gasteiger partial charge in [-0.2, -0.15) is 42.1 Å². The van der Waals surface area contributed by atoms with Crippen molar-refractivity contribution in [3.05, 3.63) is 0 Å². The highest BCUT2D eigenvalue weighted by atomic mass is 28.5. The molecule has 0 atom stereocenters. The second-order valence-electron chi connectivity index (χ2n) is 12.1. The average molecular weight is 739 g/mol. The predicted octanol–water partition coefficient (Wildman–Crippen LogP) is 7.22. The van der Waals surface area contributed by atoms with E-state index in [1.165, 1.54) is 0 Å². The summed E-state index contributed by atoms with van der Waals surface area (Å²) in [6.07, 6.45) is 4.53. The maximum Gasteiger partial charge on any atom is 0.326 e. The van der Waals surface area contributed by atoms with E-state index in [0.717, 1.165) is 0 Å². The lowest BCUT2D eigenvalue weighted by Gasteiger charge is -2.47. The molecule has 0 saturated heterocycles. The molecule has 0 amide bonds. The van der Waals surface area contributed by atoms with E-state index in [4.69, 9.17) is 12.3 Å². The van der Waals surface area contributed by atoms with Gasteiger partial charge in [0.05, 0.1) is 48.6 Å². The number of rotatable bonds is 30. The van der Waals surface area contributed by atoms with E-state index >= 15 is 0 Å². The van der Waals surface area contributed by atoms with Gasteiger partial charge >= 0.3 is 34.2 Å². The Labute approximate surface area is 297 Å². The van der Waals surface area contributed by atoms with Crippen molar-refractivity contribution >= 4 is 34.2 Å². The lowest BCUT2D eigenvalue weighted by molar-refractivity contribution is 0.244. The molecule has 49 heavy (non-hydrogen) atoms. The number of hydrogen-bond acceptors (Lipinski definition) is 13. The topological polar surface area (TPSA) is 258 Å². The Morgan fingerprint density at radius 1 is 0.306 bits per heavy atom. The van der Waals surface area contributed by atoms with Gasteiger partial charge in [0, 0.05) is 51.4 Å². The third-order valence-corrected chi connectivity index (χ3v) is 25.9. The molecule has 0 aromatic rings. The lowest BCUT2D eigenvalue weighted by atomic mass is 10.4. The van der Waals surface area contributed by atoms with Gasteiger partial charge in [0.2, 0.25) is 0 Å². The molecule has 17 heteroatoms. The number of nitriles is 8. The standard InChI is InChI=1S/C32H50N8O5Si4/c33-17-1-9-25-46(41,26-10-2-18-34)43-48(29-13-5-21-37,30-14-6-22-38)45-49(31-15-7-23-39,32-16-8-24-40)44-47(42,27-11-3-19-35)28-12-4-20-36/h41-42H,1-16,25-32H2. The van der Waals surface area contributed by atoms with Gasteiger partial charge in [0.25, 0.3) is 0 Å². The van der Waals surface area contributed by atoms with Crippen molar-refractivity contribution < 1.29 is 21.9 Å². The zero-order chi connectivity index (χ0) is 36.7. The Morgan fingerprint density at radius 2 is 0.490 bits per heavy atom. The smallest absolute Gasteiger partial charge is 0.326 e. The van der Waals surface area contributed by atoms with Gasteiger partial charge < -0.3 is 21.9 Å². The molecule has 2 N–H and O–H groups in total. The summed E-state index contributed by atoms with van der Waals surface area (Å²) in [5.41, 5.74) is 0. The molecule has 0 bridgehead atoms. The summed E-state index contributed by atoms with van der Waals surface area (Å²) in [7, 11) is -14.6. The molecular weight excluding hydrogens is 689 g/mol. The zero-order valence-corrected chi connectivity index (χ0v) is 32.7. The SMILES string of the molecule is N#CCCC[Si](O)(CCCC#N)O[Si](CCCC#N)(CCCC#N)O[Si](CCCC#N)(CCCC#N)O[Si](O)(CCCC#N)CCCC#N. The summed E-state index contributed by atoms with van der Waals surface area (Å²) in [5.74, 6) is 0. The minimum Gasteiger partial charge on any atom is -0.415 e. The first-order valence-corrected chi connectivity index (χ1v) is 26.1. The summed E-state index contributed by atoms with van der Waals surface area (Å²) in [4.78, 5) is 24.3. The van der Waals surface area contributed by atoms with Crippen molar-refractivity contribution in [3.8, 4) is 48.6 Å². The van der Waals surface area contributed by atoms with Crippen LogP contribution in [-0.2, 0) is 12.3 Å². The van der Waals surface area contributed by atoms with Crippen LogP contribution in [0, 0.1) is 90.6 Å². The molecule has 0 saturated carbocycles. The summed E-state index contributed by atoms with van der Waals surface area (Å²) >= 11 is 0. The third-order valence-electron chi connectivity index (χ3n) is 7.93.